The molecule has 3 rings (SSSR count). The summed E-state index contributed by atoms with van der Waals surface area (Å²) in [4.78, 5) is 0. The molecule has 1 aromatic rings. The SMILES string of the molecule is Clc1cc(Br)c2c(c1)[C@@H]1CNC[C@@H]1CCO2. The third-order valence-electron chi connectivity index (χ3n) is 3.51. The van der Waals surface area contributed by atoms with E-state index in [1.165, 1.54) is 5.56 Å². The van der Waals surface area contributed by atoms with Crippen molar-refractivity contribution >= 4 is 27.5 Å². The molecular formula is C12H13BrClNO. The van der Waals surface area contributed by atoms with E-state index < -0.39 is 0 Å². The molecule has 16 heavy (non-hydrogen) atoms. The number of ether oxygens (including phenoxy) is 1. The molecule has 2 nitrogen and oxygen atoms in total. The lowest BCUT2D eigenvalue weighted by molar-refractivity contribution is 0.295. The molecule has 86 valence electrons. The first-order valence-corrected chi connectivity index (χ1v) is 6.75. The lowest BCUT2D eigenvalue weighted by atomic mass is 9.87. The normalized spacial score (nSPS) is 27.9. The maximum atomic E-state index is 6.12. The predicted octanol–water partition coefficient (Wildman–Crippen LogP) is 3.19. The molecule has 1 N–H and O–H groups in total. The summed E-state index contributed by atoms with van der Waals surface area (Å²) in [5, 5.41) is 4.24. The quantitative estimate of drug-likeness (QED) is 0.795. The summed E-state index contributed by atoms with van der Waals surface area (Å²) in [6, 6.07) is 3.96. The van der Waals surface area contributed by atoms with Gasteiger partial charge in [-0.1, -0.05) is 11.6 Å². The molecule has 1 saturated heterocycles. The molecule has 0 radical (unpaired) electrons. The third kappa shape index (κ3) is 1.75. The Hall–Kier alpha value is -0.250. The Morgan fingerprint density at radius 2 is 2.25 bits per heavy atom. The number of nitrogens with one attached hydrogen (secondary N) is 1. The van der Waals surface area contributed by atoms with Crippen LogP contribution >= 0.6 is 27.5 Å². The fraction of sp³-hybridized carbons (Fsp3) is 0.500. The highest BCUT2D eigenvalue weighted by atomic mass is 79.9. The highest BCUT2D eigenvalue weighted by molar-refractivity contribution is 9.10. The molecule has 2 atom stereocenters. The topological polar surface area (TPSA) is 21.3 Å². The minimum Gasteiger partial charge on any atom is -0.492 e. The first-order chi connectivity index (χ1) is 7.75. The van der Waals surface area contributed by atoms with Crippen LogP contribution in [0, 0.1) is 5.92 Å². The maximum absolute atomic E-state index is 6.12. The molecule has 0 saturated carbocycles. The van der Waals surface area contributed by atoms with Gasteiger partial charge < -0.3 is 10.1 Å². The number of hydrogen-bond donors (Lipinski definition) is 1. The Morgan fingerprint density at radius 3 is 3.12 bits per heavy atom. The second-order valence-electron chi connectivity index (χ2n) is 4.47. The van der Waals surface area contributed by atoms with Crippen LogP contribution in [0.1, 0.15) is 17.9 Å². The summed E-state index contributed by atoms with van der Waals surface area (Å²) in [6.45, 7) is 2.93. The Labute approximate surface area is 108 Å². The zero-order valence-electron chi connectivity index (χ0n) is 8.80. The summed E-state index contributed by atoms with van der Waals surface area (Å²) in [5.74, 6) is 2.22. The van der Waals surface area contributed by atoms with Crippen molar-refractivity contribution in [3.63, 3.8) is 0 Å². The van der Waals surface area contributed by atoms with E-state index in [2.05, 4.69) is 27.3 Å². The van der Waals surface area contributed by atoms with Crippen molar-refractivity contribution in [1.82, 2.24) is 5.32 Å². The molecule has 0 bridgehead atoms. The van der Waals surface area contributed by atoms with Gasteiger partial charge in [0.25, 0.3) is 0 Å². The number of rotatable bonds is 0. The van der Waals surface area contributed by atoms with E-state index in [1.807, 2.05) is 6.07 Å². The molecule has 0 aromatic heterocycles. The Morgan fingerprint density at radius 1 is 1.38 bits per heavy atom. The molecule has 2 aliphatic heterocycles. The molecular weight excluding hydrogens is 289 g/mol. The summed E-state index contributed by atoms with van der Waals surface area (Å²) in [6.07, 6.45) is 1.12. The van der Waals surface area contributed by atoms with Crippen molar-refractivity contribution in [2.45, 2.75) is 12.3 Å². The third-order valence-corrected chi connectivity index (χ3v) is 4.32. The molecule has 0 aliphatic carbocycles. The summed E-state index contributed by atoms with van der Waals surface area (Å²) in [5.41, 5.74) is 1.26. The van der Waals surface area contributed by atoms with Gasteiger partial charge in [0.1, 0.15) is 5.75 Å². The smallest absolute Gasteiger partial charge is 0.137 e. The largest absolute Gasteiger partial charge is 0.492 e. The highest BCUT2D eigenvalue weighted by Crippen LogP contribution is 2.43. The van der Waals surface area contributed by atoms with Gasteiger partial charge in [-0.2, -0.15) is 0 Å². The highest BCUT2D eigenvalue weighted by Gasteiger charge is 2.33. The molecule has 1 fully saturated rings. The summed E-state index contributed by atoms with van der Waals surface area (Å²) < 4.78 is 6.81. The van der Waals surface area contributed by atoms with Crippen LogP contribution in [0.15, 0.2) is 16.6 Å². The minimum atomic E-state index is 0.549. The number of benzene rings is 1. The lowest BCUT2D eigenvalue weighted by Crippen LogP contribution is -2.11. The molecule has 0 unspecified atom stereocenters. The van der Waals surface area contributed by atoms with E-state index >= 15 is 0 Å². The lowest BCUT2D eigenvalue weighted by Gasteiger charge is -2.16. The van der Waals surface area contributed by atoms with Crippen molar-refractivity contribution < 1.29 is 4.74 Å². The zero-order chi connectivity index (χ0) is 11.1. The first-order valence-electron chi connectivity index (χ1n) is 5.58. The van der Waals surface area contributed by atoms with Crippen LogP contribution in [-0.2, 0) is 0 Å². The van der Waals surface area contributed by atoms with Crippen molar-refractivity contribution in [3.05, 3.63) is 27.2 Å². The standard InChI is InChI=1S/C12H13BrClNO/c13-11-4-8(14)3-9-10-6-15-5-7(10)1-2-16-12(9)11/h3-4,7,10,15H,1-2,5-6H2/t7-,10+/m0/s1. The van der Waals surface area contributed by atoms with Gasteiger partial charge in [0.15, 0.2) is 0 Å². The molecule has 4 heteroatoms. The summed E-state index contributed by atoms with van der Waals surface area (Å²) in [7, 11) is 0. The number of hydrogen-bond acceptors (Lipinski definition) is 2. The molecule has 0 amide bonds. The molecule has 2 heterocycles. The second kappa shape index (κ2) is 4.21. The van der Waals surface area contributed by atoms with Crippen LogP contribution in [0.2, 0.25) is 5.02 Å². The van der Waals surface area contributed by atoms with Crippen LogP contribution in [0.4, 0.5) is 0 Å². The van der Waals surface area contributed by atoms with Gasteiger partial charge in [-0.3, -0.25) is 0 Å². The van der Waals surface area contributed by atoms with Crippen LogP contribution in [0.3, 0.4) is 0 Å². The summed E-state index contributed by atoms with van der Waals surface area (Å²) >= 11 is 9.65. The fourth-order valence-electron chi connectivity index (χ4n) is 2.72. The van der Waals surface area contributed by atoms with Crippen molar-refractivity contribution in [2.24, 2.45) is 5.92 Å². The van der Waals surface area contributed by atoms with Crippen molar-refractivity contribution in [3.8, 4) is 5.75 Å². The zero-order valence-corrected chi connectivity index (χ0v) is 11.1. The fourth-order valence-corrected chi connectivity index (χ4v) is 3.67. The van der Waals surface area contributed by atoms with E-state index in [0.717, 1.165) is 41.4 Å². The number of fused-ring (bicyclic) bond motifs is 3. The van der Waals surface area contributed by atoms with Gasteiger partial charge >= 0.3 is 0 Å². The second-order valence-corrected chi connectivity index (χ2v) is 5.76. The monoisotopic (exact) mass is 301 g/mol. The van der Waals surface area contributed by atoms with Crippen LogP contribution in [0.5, 0.6) is 5.75 Å². The van der Waals surface area contributed by atoms with Gasteiger partial charge in [0.05, 0.1) is 11.1 Å². The average molecular weight is 303 g/mol. The van der Waals surface area contributed by atoms with Crippen LogP contribution in [0.25, 0.3) is 0 Å². The average Bonchev–Trinajstić information content (AvgIpc) is 2.62. The Kier molecular flexibility index (Phi) is 2.86. The van der Waals surface area contributed by atoms with E-state index in [0.29, 0.717) is 11.8 Å². The van der Waals surface area contributed by atoms with Gasteiger partial charge in [-0.25, -0.2) is 0 Å². The van der Waals surface area contributed by atoms with E-state index in [9.17, 15) is 0 Å². The Balaban J connectivity index is 2.12. The van der Waals surface area contributed by atoms with Gasteiger partial charge in [-0.05, 0) is 46.9 Å². The first kappa shape index (κ1) is 10.9. The molecule has 0 spiro atoms. The van der Waals surface area contributed by atoms with Crippen molar-refractivity contribution in [2.75, 3.05) is 19.7 Å². The number of halogens is 2. The van der Waals surface area contributed by atoms with Gasteiger partial charge in [0, 0.05) is 23.0 Å². The minimum absolute atomic E-state index is 0.549. The van der Waals surface area contributed by atoms with Gasteiger partial charge in [0.2, 0.25) is 0 Å². The van der Waals surface area contributed by atoms with E-state index in [4.69, 9.17) is 16.3 Å². The Bertz CT molecular complexity index is 424. The van der Waals surface area contributed by atoms with Crippen LogP contribution < -0.4 is 10.1 Å². The van der Waals surface area contributed by atoms with E-state index in [1.54, 1.807) is 0 Å². The predicted molar refractivity (Wildman–Crippen MR) is 68.4 cm³/mol. The molecule has 1 aromatic carbocycles. The molecule has 2 aliphatic rings. The van der Waals surface area contributed by atoms with Crippen molar-refractivity contribution in [1.29, 1.82) is 0 Å². The van der Waals surface area contributed by atoms with E-state index in [-0.39, 0.29) is 0 Å². The maximum Gasteiger partial charge on any atom is 0.137 e. The van der Waals surface area contributed by atoms with Crippen LogP contribution in [-0.4, -0.2) is 19.7 Å². The van der Waals surface area contributed by atoms with Gasteiger partial charge in [-0.15, -0.1) is 0 Å².